The molecule has 0 bridgehead atoms. The summed E-state index contributed by atoms with van der Waals surface area (Å²) in [6.45, 7) is -1.37. The van der Waals surface area contributed by atoms with Crippen molar-refractivity contribution in [3.63, 3.8) is 0 Å². The van der Waals surface area contributed by atoms with Crippen LogP contribution in [0.2, 0.25) is 0 Å². The zero-order valence-corrected chi connectivity index (χ0v) is 58.7. The second-order valence-corrected chi connectivity index (χ2v) is 25.4. The van der Waals surface area contributed by atoms with Crippen molar-refractivity contribution in [2.75, 3.05) is 0 Å². The summed E-state index contributed by atoms with van der Waals surface area (Å²) in [5, 5.41) is 53.2. The van der Waals surface area contributed by atoms with E-state index < -0.39 is 90.4 Å². The van der Waals surface area contributed by atoms with Crippen molar-refractivity contribution >= 4 is 102 Å². The number of fused-ring (bicyclic) bond motifs is 6. The lowest BCUT2D eigenvalue weighted by Crippen LogP contribution is -2.26. The number of aryl methyl sites for hydroxylation is 1. The van der Waals surface area contributed by atoms with Crippen LogP contribution in [-0.2, 0) is 19.3 Å². The Balaban J connectivity index is 0.000000136. The number of nitrogens with zero attached hydrogens (tertiary/aromatic N) is 12. The number of para-hydroxylation sites is 1. The van der Waals surface area contributed by atoms with Gasteiger partial charge in [0.15, 0.2) is 11.6 Å². The third kappa shape index (κ3) is 20.1. The van der Waals surface area contributed by atoms with Crippen LogP contribution in [0, 0.1) is 11.6 Å². The zero-order chi connectivity index (χ0) is 83.0. The number of benzene rings is 9. The van der Waals surface area contributed by atoms with E-state index >= 15 is 0 Å². The SMILES string of the molecule is O=C(O)c1ccc2c(c1)ncn2-c1ccc(C(F)(F)F)cc1.O=C(O)c1ccc2c(c1)ncn2-c1ccc(F)c(F)c1.O=C(O)c1ccc2c(c1)ncn2-c1ccccc1.O=C(O)c1ccc2c(c1)ncn2C1CCC(F)(F)CC1.O=C(O)c1ccc2c(c1)ncn2CC(F)(F)F.O=C(O)c1ccc2c(c1)ncn2CCC(F)(F)F. The largest absolute Gasteiger partial charge is 0.478 e. The summed E-state index contributed by atoms with van der Waals surface area (Å²) in [6.07, 6.45) is -4.75. The highest BCUT2D eigenvalue weighted by molar-refractivity contribution is 5.96. The Hall–Kier alpha value is -14.3. The van der Waals surface area contributed by atoms with Crippen molar-refractivity contribution in [2.24, 2.45) is 0 Å². The van der Waals surface area contributed by atoms with Crippen LogP contribution in [-0.4, -0.2) is 142 Å². The molecular weight excluding hydrogens is 1540 g/mol. The fourth-order valence-corrected chi connectivity index (χ4v) is 12.0. The number of hydrogen-bond acceptors (Lipinski definition) is 12. The van der Waals surface area contributed by atoms with Crippen LogP contribution in [0.1, 0.15) is 106 Å². The maximum absolute atomic E-state index is 13.3. The average molecular weight is 1600 g/mol. The van der Waals surface area contributed by atoms with Gasteiger partial charge < -0.3 is 44.3 Å². The second kappa shape index (κ2) is 33.7. The first-order valence-corrected chi connectivity index (χ1v) is 33.7. The maximum Gasteiger partial charge on any atom is 0.416 e. The summed E-state index contributed by atoms with van der Waals surface area (Å²) in [7, 11) is 0. The molecule has 0 spiro atoms. The molecular formula is C78H57F13N12O12. The van der Waals surface area contributed by atoms with E-state index in [-0.39, 0.29) is 69.8 Å². The smallest absolute Gasteiger partial charge is 0.416 e. The van der Waals surface area contributed by atoms with Gasteiger partial charge in [-0.25, -0.2) is 76.2 Å². The van der Waals surface area contributed by atoms with Gasteiger partial charge in [-0.05, 0) is 171 Å². The number of carboxylic acid groups (broad SMARTS) is 6. The zero-order valence-electron chi connectivity index (χ0n) is 58.7. The molecule has 0 unspecified atom stereocenters. The molecule has 16 rings (SSSR count). The minimum atomic E-state index is -4.38. The number of hydrogen-bond donors (Lipinski definition) is 6. The molecule has 6 N–H and O–H groups in total. The number of aromatic carboxylic acids is 6. The third-order valence-corrected chi connectivity index (χ3v) is 17.7. The van der Waals surface area contributed by atoms with Gasteiger partial charge >= 0.3 is 54.3 Å². The van der Waals surface area contributed by atoms with Crippen molar-refractivity contribution in [1.82, 2.24) is 57.3 Å². The molecule has 0 radical (unpaired) electrons. The number of carbonyl (C=O) groups is 6. The number of aromatic nitrogens is 12. The van der Waals surface area contributed by atoms with Crippen LogP contribution in [0.3, 0.4) is 0 Å². The van der Waals surface area contributed by atoms with Crippen LogP contribution in [0.4, 0.5) is 57.1 Å². The first kappa shape index (κ1) is 81.7. The minimum absolute atomic E-state index is 0.00485. The van der Waals surface area contributed by atoms with Gasteiger partial charge in [0.25, 0.3) is 0 Å². The molecule has 0 atom stereocenters. The summed E-state index contributed by atoms with van der Waals surface area (Å²) < 4.78 is 172. The van der Waals surface area contributed by atoms with Crippen molar-refractivity contribution in [3.05, 3.63) is 271 Å². The molecule has 6 aromatic heterocycles. The normalized spacial score (nSPS) is 12.8. The number of rotatable bonds is 13. The quantitative estimate of drug-likeness (QED) is 0.0584. The Morgan fingerprint density at radius 2 is 0.704 bits per heavy atom. The highest BCUT2D eigenvalue weighted by Gasteiger charge is 2.36. The topological polar surface area (TPSA) is 331 Å². The highest BCUT2D eigenvalue weighted by atomic mass is 19.4. The van der Waals surface area contributed by atoms with Gasteiger partial charge in [-0.3, -0.25) is 13.7 Å². The third-order valence-electron chi connectivity index (χ3n) is 17.7. The Labute approximate surface area is 636 Å². The van der Waals surface area contributed by atoms with Gasteiger partial charge in [-0.1, -0.05) is 18.2 Å². The Morgan fingerprint density at radius 1 is 0.365 bits per heavy atom. The minimum Gasteiger partial charge on any atom is -0.478 e. The van der Waals surface area contributed by atoms with Gasteiger partial charge in [0.2, 0.25) is 5.92 Å². The van der Waals surface area contributed by atoms with Crippen molar-refractivity contribution in [3.8, 4) is 17.1 Å². The predicted molar refractivity (Wildman–Crippen MR) is 388 cm³/mol. The summed E-state index contributed by atoms with van der Waals surface area (Å²) in [6, 6.07) is 44.4. The molecule has 1 aliphatic carbocycles. The van der Waals surface area contributed by atoms with Crippen LogP contribution in [0.25, 0.3) is 83.3 Å². The molecule has 0 saturated heterocycles. The Kier molecular flexibility index (Phi) is 24.0. The number of halogens is 13. The van der Waals surface area contributed by atoms with Gasteiger partial charge in [0, 0.05) is 42.9 Å². The van der Waals surface area contributed by atoms with Gasteiger partial charge in [-0.15, -0.1) is 0 Å². The second-order valence-electron chi connectivity index (χ2n) is 25.4. The van der Waals surface area contributed by atoms with Crippen LogP contribution in [0.15, 0.2) is 220 Å². The summed E-state index contributed by atoms with van der Waals surface area (Å²) >= 11 is 0. The van der Waals surface area contributed by atoms with Crippen LogP contribution >= 0.6 is 0 Å². The van der Waals surface area contributed by atoms with E-state index in [1.165, 1.54) is 115 Å². The standard InChI is InChI=1S/C15H9F3N2O2.C14H8F2N2O2.C14H14F2N2O2.C14H10N2O2.C11H9F3N2O2.C10H7F3N2O2/c16-15(17,18)10-2-4-11(5-3-10)20-8-19-12-7-9(14(21)22)1-6-13(12)20;15-10-3-2-9(6-11(10)16)18-7-17-12-5-8(14(19)20)1-4-13(12)18;15-14(16)5-3-10(4-6-14)18-8-17-11-7-9(13(19)20)1-2-12(11)18;17-14(18)10-6-7-13-12(8-10)15-9-16(13)11-4-2-1-3-5-11;12-11(13,14)3-4-16-6-15-8-5-7(10(17)18)1-2-9(8)16;11-10(12,13)4-15-5-14-7-3-6(9(16)17)1-2-8(7)15/h1-8H,(H,21,22);1-7H,(H,19,20);1-2,7-8,10H,3-6H2,(H,19,20);1-9H,(H,17,18);1-2,5-6H,3-4H2,(H,17,18);1-3,5H,4H2,(H,16,17). The van der Waals surface area contributed by atoms with Crippen LogP contribution in [0.5, 0.6) is 0 Å². The molecule has 6 heterocycles. The molecule has 1 aliphatic rings. The molecule has 24 nitrogen and oxygen atoms in total. The van der Waals surface area contributed by atoms with Gasteiger partial charge in [-0.2, -0.15) is 39.5 Å². The fraction of sp³-hybridized carbons (Fsp3) is 0.154. The molecule has 1 saturated carbocycles. The molecule has 592 valence electrons. The van der Waals surface area contributed by atoms with E-state index in [1.807, 2.05) is 39.5 Å². The van der Waals surface area contributed by atoms with Crippen molar-refractivity contribution < 1.29 is 116 Å². The molecule has 37 heteroatoms. The molecule has 1 fully saturated rings. The molecule has 0 aliphatic heterocycles. The Bertz CT molecular complexity index is 6120. The molecule has 115 heavy (non-hydrogen) atoms. The van der Waals surface area contributed by atoms with Crippen LogP contribution < -0.4 is 0 Å². The highest BCUT2D eigenvalue weighted by Crippen LogP contribution is 2.40. The molecule has 0 amide bonds. The van der Waals surface area contributed by atoms with Crippen molar-refractivity contribution in [2.45, 2.75) is 75.7 Å². The van der Waals surface area contributed by atoms with E-state index in [2.05, 4.69) is 29.9 Å². The number of imidazole rings is 6. The first-order chi connectivity index (χ1) is 54.4. The average Bonchev–Trinajstić information content (AvgIpc) is 1.70. The first-order valence-electron chi connectivity index (χ1n) is 33.7. The van der Waals surface area contributed by atoms with Gasteiger partial charge in [0.05, 0.1) is 136 Å². The molecule has 15 aromatic rings. The van der Waals surface area contributed by atoms with E-state index in [1.54, 1.807) is 58.2 Å². The summed E-state index contributed by atoms with van der Waals surface area (Å²) in [5.41, 5.74) is 8.36. The van der Waals surface area contributed by atoms with E-state index in [9.17, 15) is 85.8 Å². The fourth-order valence-electron chi connectivity index (χ4n) is 12.0. The predicted octanol–water partition coefficient (Wildman–Crippen LogP) is 17.9. The van der Waals surface area contributed by atoms with E-state index in [4.69, 9.17) is 30.6 Å². The van der Waals surface area contributed by atoms with E-state index in [0.29, 0.717) is 68.4 Å². The maximum atomic E-state index is 13.3. The Morgan fingerprint density at radius 3 is 1.10 bits per heavy atom. The lowest BCUT2D eigenvalue weighted by molar-refractivity contribution is -0.140. The summed E-state index contributed by atoms with van der Waals surface area (Å²) in [5.74, 6) is -10.7. The number of carboxylic acids is 6. The molecule has 9 aromatic carbocycles. The summed E-state index contributed by atoms with van der Waals surface area (Å²) in [4.78, 5) is 89.2. The lowest BCUT2D eigenvalue weighted by Gasteiger charge is -2.29. The lowest BCUT2D eigenvalue weighted by atomic mass is 9.92. The van der Waals surface area contributed by atoms with Gasteiger partial charge in [0.1, 0.15) is 25.5 Å². The van der Waals surface area contributed by atoms with E-state index in [0.717, 1.165) is 51.9 Å². The number of alkyl halides is 11. The van der Waals surface area contributed by atoms with Crippen molar-refractivity contribution in [1.29, 1.82) is 0 Å². The monoisotopic (exact) mass is 1600 g/mol.